The minimum absolute atomic E-state index is 0. The normalized spacial score (nSPS) is 18.4. The van der Waals surface area contributed by atoms with E-state index >= 15 is 0 Å². The quantitative estimate of drug-likeness (QED) is 0.175. The molecule has 0 aliphatic heterocycles. The molecule has 0 radical (unpaired) electrons. The second-order valence-electron chi connectivity index (χ2n) is 12.1. The maximum Gasteiger partial charge on any atom is 0.220 e. The molecule has 0 amide bonds. The van der Waals surface area contributed by atoms with Crippen LogP contribution in [0.3, 0.4) is 0 Å². The van der Waals surface area contributed by atoms with Crippen LogP contribution in [0.4, 0.5) is 0 Å². The molecule has 9 aromatic rings. The second-order valence-corrected chi connectivity index (χ2v) is 12.1. The van der Waals surface area contributed by atoms with E-state index in [2.05, 4.69) is 11.1 Å². The first-order chi connectivity index (χ1) is 35.2. The number of phenolic OH excluding ortho intramolecular Hbond substituents is 1. The molecule has 0 fully saturated rings. The fourth-order valence-corrected chi connectivity index (χ4v) is 5.62. The van der Waals surface area contributed by atoms with Gasteiger partial charge in [-0.05, 0) is 61.2 Å². The summed E-state index contributed by atoms with van der Waals surface area (Å²) in [6.45, 7) is 4.68. The average molecular weight is 880 g/mol. The van der Waals surface area contributed by atoms with Gasteiger partial charge in [-0.25, -0.2) is 4.98 Å². The fourth-order valence-electron chi connectivity index (χ4n) is 5.62. The molecule has 6 heteroatoms. The number of fused-ring (bicyclic) bond motifs is 4. The maximum absolute atomic E-state index is 12.0. The first kappa shape index (κ1) is 15.5. The number of aromatic nitrogens is 4. The Morgan fingerprint density at radius 2 is 1.35 bits per heavy atom. The summed E-state index contributed by atoms with van der Waals surface area (Å²) < 4.78 is 226. The third-order valence-corrected chi connectivity index (χ3v) is 7.93. The van der Waals surface area contributed by atoms with Gasteiger partial charge in [0, 0.05) is 45.7 Å². The van der Waals surface area contributed by atoms with Gasteiger partial charge in [0.15, 0.2) is 0 Å². The molecule has 0 spiro atoms. The number of hydrogen-bond acceptors (Lipinski definition) is 3. The summed E-state index contributed by atoms with van der Waals surface area (Å²) in [6, 6.07) is -19.9. The van der Waals surface area contributed by atoms with Crippen LogP contribution in [0.25, 0.3) is 78.1 Å². The van der Waals surface area contributed by atoms with Gasteiger partial charge >= 0.3 is 0 Å². The molecule has 0 saturated heterocycles. The SMILES string of the molecule is [2H]c1[c-]c(-c2nc(-c3c([2H])c([2H])c([2H])c4c3nc(-n3c5c([2H])c([2H])c([2H])c([2H])c5c5c([2H])c([2H])c([2H])c(O)c53)n4-c3c([2H])c([2H])c(C(C)(C)C)c([2H])c3-c3c([2H])c([2H])c([2H])c([2H])c3[2H])c([2H])c([2H])c2[2H])c([2H])c([2H])c1[2H].[Pt]. The summed E-state index contributed by atoms with van der Waals surface area (Å²) in [4.78, 5) is 9.16. The molecule has 6 aromatic carbocycles. The Morgan fingerprint density at radius 3 is 2.19 bits per heavy atom. The Labute approximate surface area is 352 Å². The van der Waals surface area contributed by atoms with Crippen molar-refractivity contribution in [2.24, 2.45) is 0 Å². The second kappa shape index (κ2) is 13.1. The van der Waals surface area contributed by atoms with E-state index < -0.39 is 240 Å². The Balaban J connectivity index is 0.00000784. The van der Waals surface area contributed by atoms with Gasteiger partial charge in [0.1, 0.15) is 11.3 Å². The molecule has 1 N–H and O–H groups in total. The van der Waals surface area contributed by atoms with Gasteiger partial charge in [-0.1, -0.05) is 111 Å². The minimum atomic E-state index is -1.23. The molecule has 5 nitrogen and oxygen atoms in total. The van der Waals surface area contributed by atoms with E-state index in [9.17, 15) is 18.8 Å². The van der Waals surface area contributed by atoms with E-state index in [0.29, 0.717) is 0 Å². The van der Waals surface area contributed by atoms with Gasteiger partial charge in [-0.3, -0.25) is 14.1 Å². The van der Waals surface area contributed by atoms with E-state index in [0.717, 1.165) is 9.13 Å². The van der Waals surface area contributed by atoms with Crippen molar-refractivity contribution < 1.29 is 60.4 Å². The first-order valence-corrected chi connectivity index (χ1v) is 15.2. The van der Waals surface area contributed by atoms with E-state index in [1.807, 2.05) is 0 Å². The van der Waals surface area contributed by atoms with Crippen molar-refractivity contribution in [2.75, 3.05) is 0 Å². The molecule has 3 aromatic heterocycles. The third-order valence-electron chi connectivity index (χ3n) is 7.93. The first-order valence-electron chi connectivity index (χ1n) is 27.7. The molecule has 0 aliphatic rings. The minimum Gasteiger partial charge on any atom is -0.506 e. The Kier molecular flexibility index (Phi) is 3.89. The molecule has 52 heavy (non-hydrogen) atoms. The predicted octanol–water partition coefficient (Wildman–Crippen LogP) is 11.3. The molecule has 0 bridgehead atoms. The van der Waals surface area contributed by atoms with Crippen molar-refractivity contribution in [2.45, 2.75) is 26.2 Å². The number of nitrogens with zero attached hydrogens (tertiary/aromatic N) is 4. The van der Waals surface area contributed by atoms with Crippen LogP contribution in [0.15, 0.2) is 151 Å². The number of benzene rings is 6. The Hall–Kier alpha value is -5.77. The largest absolute Gasteiger partial charge is 0.506 e. The van der Waals surface area contributed by atoms with Crippen molar-refractivity contribution in [3.8, 4) is 51.0 Å². The zero-order chi connectivity index (χ0) is 56.4. The molecule has 3 heterocycles. The van der Waals surface area contributed by atoms with Crippen LogP contribution in [0.1, 0.15) is 60.6 Å². The van der Waals surface area contributed by atoms with Gasteiger partial charge < -0.3 is 5.11 Å². The predicted molar refractivity (Wildman–Crippen MR) is 209 cm³/mol. The summed E-state index contributed by atoms with van der Waals surface area (Å²) in [5, 5.41) is 10.9. The standard InChI is InChI=1S/C46H35N4O.Pt/c1-46(2,3)32-27-28-40(36(29-32)30-15-6-4-7-16-30)49-41-25-12-21-35(38-23-14-22-37(47-38)31-17-8-5-9-18-31)43(41)48-45(49)50-39-24-11-10-19-33(39)34-20-13-26-42(51)44(34)50;/h4-17,19-29,51H,1-3H3;/q-1;/i4D,5D,6D,7D,8D,9D,10D,11D,12D,13D,14D,15D,16D,17D,19D,20D,21D,22D,23D,24D,25D,26D,27D,28D,29D;. The van der Waals surface area contributed by atoms with Crippen LogP contribution in [-0.4, -0.2) is 24.2 Å². The summed E-state index contributed by atoms with van der Waals surface area (Å²) >= 11 is 0. The molecule has 9 rings (SSSR count). The monoisotopic (exact) mass is 879 g/mol. The topological polar surface area (TPSA) is 55.9 Å². The number of hydrogen-bond donors (Lipinski definition) is 1. The molecule has 0 atom stereocenters. The van der Waals surface area contributed by atoms with Gasteiger partial charge in [0.2, 0.25) is 5.95 Å². The van der Waals surface area contributed by atoms with Crippen molar-refractivity contribution in [1.29, 1.82) is 0 Å². The summed E-state index contributed by atoms with van der Waals surface area (Å²) in [7, 11) is 0. The van der Waals surface area contributed by atoms with Gasteiger partial charge in [-0.2, -0.15) is 0 Å². The number of rotatable bonds is 5. The number of phenols is 1. The number of aromatic hydroxyl groups is 1. The van der Waals surface area contributed by atoms with Crippen LogP contribution in [0, 0.1) is 6.07 Å². The summed E-state index contributed by atoms with van der Waals surface area (Å²) in [5.41, 5.74) is -9.48. The van der Waals surface area contributed by atoms with Gasteiger partial charge in [-0.15, -0.1) is 35.8 Å². The van der Waals surface area contributed by atoms with E-state index in [1.54, 1.807) is 20.8 Å². The third kappa shape index (κ3) is 5.53. The van der Waals surface area contributed by atoms with Crippen LogP contribution in [0.5, 0.6) is 5.75 Å². The number of imidazole rings is 1. The molecular formula is C46H35N4OPt-. The van der Waals surface area contributed by atoms with Crippen LogP contribution in [0.2, 0.25) is 0 Å². The van der Waals surface area contributed by atoms with Crippen molar-refractivity contribution in [3.63, 3.8) is 0 Å². The van der Waals surface area contributed by atoms with Crippen molar-refractivity contribution >= 4 is 32.8 Å². The molecular weight excluding hydrogens is 820 g/mol. The van der Waals surface area contributed by atoms with E-state index in [-0.39, 0.29) is 26.6 Å². The number of para-hydroxylation sites is 3. The van der Waals surface area contributed by atoms with Gasteiger partial charge in [0.25, 0.3) is 0 Å². The maximum atomic E-state index is 12.0. The zero-order valence-electron chi connectivity index (χ0n) is 52.1. The molecule has 0 aliphatic carbocycles. The Bertz CT molecular complexity index is 4080. The zero-order valence-corrected chi connectivity index (χ0v) is 29.3. The summed E-state index contributed by atoms with van der Waals surface area (Å²) in [5.74, 6) is -2.04. The molecule has 0 unspecified atom stereocenters. The van der Waals surface area contributed by atoms with Crippen LogP contribution in [-0.2, 0) is 26.5 Å². The average Bonchev–Trinajstić information content (AvgIpc) is 3.93. The molecule has 0 saturated carbocycles. The van der Waals surface area contributed by atoms with Crippen LogP contribution >= 0.6 is 0 Å². The van der Waals surface area contributed by atoms with Gasteiger partial charge in [0.05, 0.1) is 56.7 Å². The smallest absolute Gasteiger partial charge is 0.220 e. The summed E-state index contributed by atoms with van der Waals surface area (Å²) in [6.07, 6.45) is 0. The van der Waals surface area contributed by atoms with E-state index in [4.69, 9.17) is 25.5 Å². The van der Waals surface area contributed by atoms with Crippen molar-refractivity contribution in [3.05, 3.63) is 163 Å². The Morgan fingerprint density at radius 1 is 0.635 bits per heavy atom. The fraction of sp³-hybridized carbons (Fsp3) is 0.0870. The van der Waals surface area contributed by atoms with Crippen molar-refractivity contribution in [1.82, 2.24) is 19.1 Å². The number of pyridine rings is 1. The van der Waals surface area contributed by atoms with E-state index in [1.165, 1.54) is 0 Å². The molecule has 256 valence electrons. The van der Waals surface area contributed by atoms with Crippen LogP contribution < -0.4 is 0 Å².